The molecule has 1 heterocycles. The lowest BCUT2D eigenvalue weighted by Crippen LogP contribution is -2.56. The van der Waals surface area contributed by atoms with Gasteiger partial charge in [-0.1, -0.05) is 31.0 Å². The van der Waals surface area contributed by atoms with Crippen LogP contribution in [-0.2, 0) is 4.79 Å². The SMILES string of the molecule is COc1ccccc1C1C2CCCCC2(O)CCN1C(=O)/C=C/c1cc(OC)c(OC)c(OC)c1. The van der Waals surface area contributed by atoms with Crippen LogP contribution in [0.15, 0.2) is 42.5 Å². The van der Waals surface area contributed by atoms with Gasteiger partial charge >= 0.3 is 0 Å². The lowest BCUT2D eigenvalue weighted by atomic mass is 9.66. The number of nitrogens with zero attached hydrogens (tertiary/aromatic N) is 1. The summed E-state index contributed by atoms with van der Waals surface area (Å²) in [5.41, 5.74) is 0.934. The van der Waals surface area contributed by atoms with Gasteiger partial charge in [-0.25, -0.2) is 0 Å². The number of para-hydroxylation sites is 1. The number of rotatable bonds is 7. The molecule has 0 aromatic heterocycles. The zero-order valence-corrected chi connectivity index (χ0v) is 21.0. The number of fused-ring (bicyclic) bond motifs is 1. The van der Waals surface area contributed by atoms with E-state index < -0.39 is 5.60 Å². The van der Waals surface area contributed by atoms with Crippen LogP contribution in [0.5, 0.6) is 23.0 Å². The molecule has 1 saturated carbocycles. The Kier molecular flexibility index (Phi) is 7.55. The van der Waals surface area contributed by atoms with Crippen LogP contribution in [0.2, 0.25) is 0 Å². The highest BCUT2D eigenvalue weighted by molar-refractivity contribution is 5.92. The molecule has 1 aliphatic heterocycles. The van der Waals surface area contributed by atoms with Gasteiger partial charge in [-0.2, -0.15) is 0 Å². The maximum Gasteiger partial charge on any atom is 0.247 e. The third-order valence-corrected chi connectivity index (χ3v) is 7.41. The molecule has 2 aromatic rings. The second kappa shape index (κ2) is 10.6. The van der Waals surface area contributed by atoms with Gasteiger partial charge in [0.15, 0.2) is 11.5 Å². The molecule has 7 heteroatoms. The van der Waals surface area contributed by atoms with E-state index in [4.69, 9.17) is 18.9 Å². The molecule has 1 aliphatic carbocycles. The summed E-state index contributed by atoms with van der Waals surface area (Å²) in [5.74, 6) is 2.13. The summed E-state index contributed by atoms with van der Waals surface area (Å²) < 4.78 is 21.9. The van der Waals surface area contributed by atoms with E-state index in [2.05, 4.69) is 0 Å². The number of aliphatic hydroxyl groups is 1. The number of benzene rings is 2. The van der Waals surface area contributed by atoms with Gasteiger partial charge in [0, 0.05) is 24.1 Å². The maximum absolute atomic E-state index is 13.6. The van der Waals surface area contributed by atoms with E-state index in [1.54, 1.807) is 52.7 Å². The number of ether oxygens (including phenoxy) is 4. The second-order valence-electron chi connectivity index (χ2n) is 9.22. The third kappa shape index (κ3) is 4.82. The molecule has 1 N–H and O–H groups in total. The highest BCUT2D eigenvalue weighted by atomic mass is 16.5. The predicted octanol–water partition coefficient (Wildman–Crippen LogP) is 4.63. The van der Waals surface area contributed by atoms with Gasteiger partial charge in [0.25, 0.3) is 0 Å². The number of piperidine rings is 1. The van der Waals surface area contributed by atoms with E-state index in [0.717, 1.165) is 42.6 Å². The largest absolute Gasteiger partial charge is 0.496 e. The van der Waals surface area contributed by atoms with E-state index in [1.807, 2.05) is 29.2 Å². The summed E-state index contributed by atoms with van der Waals surface area (Å²) in [4.78, 5) is 15.5. The molecule has 2 aliphatic rings. The Morgan fingerprint density at radius 2 is 1.66 bits per heavy atom. The smallest absolute Gasteiger partial charge is 0.247 e. The molecule has 0 spiro atoms. The number of carbonyl (C=O) groups is 1. The van der Waals surface area contributed by atoms with Crippen molar-refractivity contribution >= 4 is 12.0 Å². The Hall–Kier alpha value is -3.19. The first kappa shape index (κ1) is 24.9. The first-order valence-corrected chi connectivity index (χ1v) is 12.1. The van der Waals surface area contributed by atoms with E-state index in [0.29, 0.717) is 30.2 Å². The standard InChI is InChI=1S/C28H35NO6/c1-32-22-11-6-5-9-20(22)26-21-10-7-8-14-28(21,31)15-16-29(26)25(30)13-12-19-17-23(33-2)27(35-4)24(18-19)34-3/h5-6,9,11-13,17-18,21,26,31H,7-8,10,14-16H2,1-4H3/b13-12+. The Morgan fingerprint density at radius 3 is 2.31 bits per heavy atom. The van der Waals surface area contributed by atoms with Crippen molar-refractivity contribution in [3.8, 4) is 23.0 Å². The molecule has 2 fully saturated rings. The van der Waals surface area contributed by atoms with Gasteiger partial charge in [0.05, 0.1) is 40.1 Å². The number of carbonyl (C=O) groups excluding carboxylic acids is 1. The summed E-state index contributed by atoms with van der Waals surface area (Å²) >= 11 is 0. The summed E-state index contributed by atoms with van der Waals surface area (Å²) in [6, 6.07) is 11.2. The Labute approximate surface area is 207 Å². The molecule has 1 saturated heterocycles. The first-order chi connectivity index (χ1) is 17.0. The van der Waals surface area contributed by atoms with Crippen LogP contribution in [0.25, 0.3) is 6.08 Å². The number of amides is 1. The molecule has 0 bridgehead atoms. The van der Waals surface area contributed by atoms with Crippen molar-refractivity contribution in [1.29, 1.82) is 0 Å². The Bertz CT molecular complexity index is 1060. The maximum atomic E-state index is 13.6. The molecule has 7 nitrogen and oxygen atoms in total. The summed E-state index contributed by atoms with van der Waals surface area (Å²) in [5, 5.41) is 11.5. The van der Waals surface area contributed by atoms with Crippen molar-refractivity contribution in [3.63, 3.8) is 0 Å². The minimum Gasteiger partial charge on any atom is -0.496 e. The molecule has 2 aromatic carbocycles. The summed E-state index contributed by atoms with van der Waals surface area (Å²) in [6.07, 6.45) is 7.62. The number of hydrogen-bond donors (Lipinski definition) is 1. The average molecular weight is 482 g/mol. The van der Waals surface area contributed by atoms with Gasteiger partial charge < -0.3 is 29.0 Å². The van der Waals surface area contributed by atoms with Crippen molar-refractivity contribution in [2.45, 2.75) is 43.7 Å². The van der Waals surface area contributed by atoms with Gasteiger partial charge in [-0.05, 0) is 49.1 Å². The normalized spacial score (nSPS) is 24.1. The molecular formula is C28H35NO6. The van der Waals surface area contributed by atoms with Crippen LogP contribution in [0.3, 0.4) is 0 Å². The molecule has 0 radical (unpaired) electrons. The zero-order valence-electron chi connectivity index (χ0n) is 21.0. The Morgan fingerprint density at radius 1 is 0.971 bits per heavy atom. The van der Waals surface area contributed by atoms with Crippen LogP contribution in [0.1, 0.15) is 49.3 Å². The quantitative estimate of drug-likeness (QED) is 0.581. The number of methoxy groups -OCH3 is 4. The van der Waals surface area contributed by atoms with E-state index in [-0.39, 0.29) is 17.9 Å². The molecule has 3 unspecified atom stereocenters. The van der Waals surface area contributed by atoms with E-state index >= 15 is 0 Å². The van der Waals surface area contributed by atoms with Crippen LogP contribution >= 0.6 is 0 Å². The molecule has 4 rings (SSSR count). The Balaban J connectivity index is 1.68. The minimum absolute atomic E-state index is 0.0418. The fourth-order valence-electron chi connectivity index (χ4n) is 5.69. The van der Waals surface area contributed by atoms with Crippen molar-refractivity contribution in [3.05, 3.63) is 53.6 Å². The fraction of sp³-hybridized carbons (Fsp3) is 0.464. The van der Waals surface area contributed by atoms with Crippen LogP contribution in [-0.4, -0.2) is 56.5 Å². The van der Waals surface area contributed by atoms with Gasteiger partial charge in [-0.15, -0.1) is 0 Å². The third-order valence-electron chi connectivity index (χ3n) is 7.41. The van der Waals surface area contributed by atoms with Crippen LogP contribution in [0, 0.1) is 5.92 Å². The topological polar surface area (TPSA) is 77.5 Å². The minimum atomic E-state index is -0.763. The van der Waals surface area contributed by atoms with E-state index in [1.165, 1.54) is 0 Å². The summed E-state index contributed by atoms with van der Waals surface area (Å²) in [6.45, 7) is 0.480. The van der Waals surface area contributed by atoms with Crippen molar-refractivity contribution in [2.24, 2.45) is 5.92 Å². The second-order valence-corrected chi connectivity index (χ2v) is 9.22. The summed E-state index contributed by atoms with van der Waals surface area (Å²) in [7, 11) is 6.32. The first-order valence-electron chi connectivity index (χ1n) is 12.1. The molecule has 188 valence electrons. The van der Waals surface area contributed by atoms with E-state index in [9.17, 15) is 9.90 Å². The fourth-order valence-corrected chi connectivity index (χ4v) is 5.69. The van der Waals surface area contributed by atoms with Crippen LogP contribution in [0.4, 0.5) is 0 Å². The number of likely N-dealkylation sites (tertiary alicyclic amines) is 1. The highest BCUT2D eigenvalue weighted by Crippen LogP contribution is 2.51. The number of hydrogen-bond acceptors (Lipinski definition) is 6. The molecule has 1 amide bonds. The molecular weight excluding hydrogens is 446 g/mol. The average Bonchev–Trinajstić information content (AvgIpc) is 2.89. The van der Waals surface area contributed by atoms with Gasteiger partial charge in [0.2, 0.25) is 11.7 Å². The highest BCUT2D eigenvalue weighted by Gasteiger charge is 2.50. The van der Waals surface area contributed by atoms with Gasteiger partial charge in [0.1, 0.15) is 5.75 Å². The lowest BCUT2D eigenvalue weighted by molar-refractivity contribution is -0.151. The molecule has 3 atom stereocenters. The molecule has 35 heavy (non-hydrogen) atoms. The van der Waals surface area contributed by atoms with Crippen molar-refractivity contribution in [1.82, 2.24) is 4.90 Å². The van der Waals surface area contributed by atoms with Crippen LogP contribution < -0.4 is 18.9 Å². The zero-order chi connectivity index (χ0) is 25.0. The van der Waals surface area contributed by atoms with Crippen molar-refractivity contribution < 1.29 is 28.8 Å². The van der Waals surface area contributed by atoms with Gasteiger partial charge in [-0.3, -0.25) is 4.79 Å². The predicted molar refractivity (Wildman–Crippen MR) is 134 cm³/mol. The van der Waals surface area contributed by atoms with Crippen molar-refractivity contribution in [2.75, 3.05) is 35.0 Å². The monoisotopic (exact) mass is 481 g/mol. The lowest BCUT2D eigenvalue weighted by Gasteiger charge is -2.52.